The predicted molar refractivity (Wildman–Crippen MR) is 168 cm³/mol. The Bertz CT molecular complexity index is 1650. The van der Waals surface area contributed by atoms with Gasteiger partial charge < -0.3 is 24.0 Å². The second-order valence-corrected chi connectivity index (χ2v) is 14.3. The first-order valence-electron chi connectivity index (χ1n) is 14.1. The molecule has 0 bridgehead atoms. The Hall–Kier alpha value is -3.35. The number of carbonyl (C=O) groups excluding carboxylic acids is 3. The SMILES string of the molecule is CC(C)(C)OC(=O)Nc1nc2c(-c3c(Cl)cc4c(c3Cl)OCCC3CN(C(=O)OC(C)(C)C)CCN3C4=O)ccc(F)c2s1. The molecule has 5 rings (SSSR count). The predicted octanol–water partition coefficient (Wildman–Crippen LogP) is 7.60. The molecule has 236 valence electrons. The average molecular weight is 668 g/mol. The topological polar surface area (TPSA) is 110 Å². The summed E-state index contributed by atoms with van der Waals surface area (Å²) in [6.45, 7) is 11.7. The number of anilines is 1. The molecule has 0 aliphatic carbocycles. The van der Waals surface area contributed by atoms with Crippen LogP contribution in [0.1, 0.15) is 58.3 Å². The number of halogens is 3. The van der Waals surface area contributed by atoms with E-state index in [9.17, 15) is 18.8 Å². The number of carbonyl (C=O) groups is 3. The fourth-order valence-corrected chi connectivity index (χ4v) is 6.68. The van der Waals surface area contributed by atoms with Crippen molar-refractivity contribution in [3.63, 3.8) is 0 Å². The number of piperazine rings is 1. The summed E-state index contributed by atoms with van der Waals surface area (Å²) in [6.07, 6.45) is -0.709. The maximum absolute atomic E-state index is 14.9. The van der Waals surface area contributed by atoms with E-state index in [2.05, 4.69) is 10.3 Å². The summed E-state index contributed by atoms with van der Waals surface area (Å²) in [5.74, 6) is -0.713. The molecule has 14 heteroatoms. The lowest BCUT2D eigenvalue weighted by atomic mass is 9.99. The molecule has 10 nitrogen and oxygen atoms in total. The minimum Gasteiger partial charge on any atom is -0.491 e. The number of hydrogen-bond donors (Lipinski definition) is 1. The van der Waals surface area contributed by atoms with E-state index in [0.717, 1.165) is 11.3 Å². The Kier molecular flexibility index (Phi) is 8.65. The first-order chi connectivity index (χ1) is 20.5. The highest BCUT2D eigenvalue weighted by atomic mass is 35.5. The van der Waals surface area contributed by atoms with E-state index in [1.54, 1.807) is 51.3 Å². The van der Waals surface area contributed by atoms with E-state index in [4.69, 9.17) is 37.4 Å². The average Bonchev–Trinajstić information content (AvgIpc) is 3.32. The molecule has 44 heavy (non-hydrogen) atoms. The van der Waals surface area contributed by atoms with Crippen molar-refractivity contribution in [1.82, 2.24) is 14.8 Å². The summed E-state index contributed by atoms with van der Waals surface area (Å²) in [5.41, 5.74) is -0.255. The zero-order valence-corrected chi connectivity index (χ0v) is 27.5. The minimum atomic E-state index is -0.734. The van der Waals surface area contributed by atoms with Crippen molar-refractivity contribution in [2.24, 2.45) is 0 Å². The van der Waals surface area contributed by atoms with Crippen LogP contribution in [0, 0.1) is 5.82 Å². The van der Waals surface area contributed by atoms with Gasteiger partial charge in [-0.2, -0.15) is 0 Å². The summed E-state index contributed by atoms with van der Waals surface area (Å²) < 4.78 is 32.0. The number of ether oxygens (including phenoxy) is 3. The number of hydrogen-bond acceptors (Lipinski definition) is 8. The Morgan fingerprint density at radius 1 is 1.09 bits per heavy atom. The molecule has 1 N–H and O–H groups in total. The Morgan fingerprint density at radius 2 is 1.80 bits per heavy atom. The van der Waals surface area contributed by atoms with Crippen LogP contribution in [-0.2, 0) is 9.47 Å². The number of aromatic nitrogens is 1. The summed E-state index contributed by atoms with van der Waals surface area (Å²) >= 11 is 14.6. The molecular formula is C30H33Cl2FN4O6S. The molecule has 3 aromatic rings. The first-order valence-corrected chi connectivity index (χ1v) is 15.6. The molecule has 1 unspecified atom stereocenters. The second kappa shape index (κ2) is 11.9. The van der Waals surface area contributed by atoms with Crippen LogP contribution in [0.25, 0.3) is 21.3 Å². The number of nitrogens with one attached hydrogen (secondary N) is 1. The zero-order chi connectivity index (χ0) is 32.1. The third-order valence-electron chi connectivity index (χ3n) is 6.87. The van der Waals surface area contributed by atoms with Crippen molar-refractivity contribution < 1.29 is 33.0 Å². The molecule has 0 saturated carbocycles. The van der Waals surface area contributed by atoms with E-state index in [0.29, 0.717) is 37.2 Å². The highest BCUT2D eigenvalue weighted by Gasteiger charge is 2.38. The summed E-state index contributed by atoms with van der Waals surface area (Å²) in [4.78, 5) is 46.6. The van der Waals surface area contributed by atoms with Gasteiger partial charge in [-0.1, -0.05) is 34.5 Å². The van der Waals surface area contributed by atoms with Gasteiger partial charge in [0, 0.05) is 37.2 Å². The molecule has 3 amide bonds. The number of nitrogens with zero attached hydrogens (tertiary/aromatic N) is 3. The standard InChI is InChI=1S/C30H33Cl2FN4O6S/c1-29(2,3)42-27(39)35-26-34-22-16(7-8-19(33)24(22)44-26)20-18(31)13-17-23(21(20)32)41-12-9-15-14-36(10-11-37(15)25(17)38)28(40)43-30(4,5)6/h7-8,13,15H,9-12,14H2,1-6H3,(H,34,35,39). The quantitative estimate of drug-likeness (QED) is 0.300. The van der Waals surface area contributed by atoms with Crippen molar-refractivity contribution in [1.29, 1.82) is 0 Å². The molecule has 1 saturated heterocycles. The molecule has 0 radical (unpaired) electrons. The van der Waals surface area contributed by atoms with E-state index >= 15 is 0 Å². The molecule has 1 atom stereocenters. The lowest BCUT2D eigenvalue weighted by Crippen LogP contribution is -2.58. The normalized spacial score (nSPS) is 17.3. The highest BCUT2D eigenvalue weighted by molar-refractivity contribution is 7.22. The highest BCUT2D eigenvalue weighted by Crippen LogP contribution is 2.47. The van der Waals surface area contributed by atoms with Crippen molar-refractivity contribution in [3.8, 4) is 16.9 Å². The van der Waals surface area contributed by atoms with Crippen molar-refractivity contribution in [2.45, 2.75) is 65.2 Å². The largest absolute Gasteiger partial charge is 0.491 e. The van der Waals surface area contributed by atoms with Gasteiger partial charge in [-0.25, -0.2) is 19.0 Å². The minimum absolute atomic E-state index is 0.0780. The Morgan fingerprint density at radius 3 is 2.48 bits per heavy atom. The molecule has 3 heterocycles. The van der Waals surface area contributed by atoms with Gasteiger partial charge in [0.05, 0.1) is 38.5 Å². The number of rotatable bonds is 2. The number of amides is 3. The number of thiazole rings is 1. The van der Waals surface area contributed by atoms with Crippen LogP contribution < -0.4 is 10.1 Å². The summed E-state index contributed by atoms with van der Waals surface area (Å²) in [7, 11) is 0. The van der Waals surface area contributed by atoms with E-state index in [1.165, 1.54) is 18.2 Å². The van der Waals surface area contributed by atoms with Gasteiger partial charge in [0.15, 0.2) is 10.9 Å². The van der Waals surface area contributed by atoms with Crippen LogP contribution in [0.15, 0.2) is 18.2 Å². The van der Waals surface area contributed by atoms with E-state index in [-0.39, 0.29) is 55.3 Å². The maximum atomic E-state index is 14.9. The second-order valence-electron chi connectivity index (χ2n) is 12.6. The Balaban J connectivity index is 1.47. The van der Waals surface area contributed by atoms with Crippen molar-refractivity contribution >= 4 is 68.0 Å². The number of fused-ring (bicyclic) bond motifs is 3. The van der Waals surface area contributed by atoms with Crippen LogP contribution in [0.4, 0.5) is 19.1 Å². The summed E-state index contributed by atoms with van der Waals surface area (Å²) in [5, 5.41) is 2.89. The monoisotopic (exact) mass is 666 g/mol. The van der Waals surface area contributed by atoms with Gasteiger partial charge in [0.1, 0.15) is 17.0 Å². The zero-order valence-electron chi connectivity index (χ0n) is 25.2. The van der Waals surface area contributed by atoms with Gasteiger partial charge >= 0.3 is 12.2 Å². The van der Waals surface area contributed by atoms with E-state index in [1.807, 2.05) is 0 Å². The van der Waals surface area contributed by atoms with Gasteiger partial charge in [0.25, 0.3) is 5.91 Å². The third-order valence-corrected chi connectivity index (χ3v) is 8.51. The van der Waals surface area contributed by atoms with Gasteiger partial charge in [-0.3, -0.25) is 10.1 Å². The maximum Gasteiger partial charge on any atom is 0.413 e. The molecule has 1 aromatic heterocycles. The third kappa shape index (κ3) is 6.67. The van der Waals surface area contributed by atoms with Crippen LogP contribution in [-0.4, -0.2) is 76.4 Å². The molecular weight excluding hydrogens is 634 g/mol. The van der Waals surface area contributed by atoms with E-state index < -0.39 is 29.2 Å². The lowest BCUT2D eigenvalue weighted by Gasteiger charge is -2.42. The van der Waals surface area contributed by atoms with Crippen LogP contribution in [0.3, 0.4) is 0 Å². The smallest absolute Gasteiger partial charge is 0.413 e. The van der Waals surface area contributed by atoms with Crippen molar-refractivity contribution in [2.75, 3.05) is 31.6 Å². The number of benzene rings is 2. The fraction of sp³-hybridized carbons (Fsp3) is 0.467. The molecule has 0 spiro atoms. The van der Waals surface area contributed by atoms with Gasteiger partial charge in [0.2, 0.25) is 0 Å². The summed E-state index contributed by atoms with van der Waals surface area (Å²) in [6, 6.07) is 3.95. The molecule has 1 fully saturated rings. The van der Waals surface area contributed by atoms with Gasteiger partial charge in [-0.15, -0.1) is 0 Å². The van der Waals surface area contributed by atoms with Crippen LogP contribution in [0.5, 0.6) is 5.75 Å². The lowest BCUT2D eigenvalue weighted by molar-refractivity contribution is 0.00109. The van der Waals surface area contributed by atoms with Gasteiger partial charge in [-0.05, 0) is 59.7 Å². The fourth-order valence-electron chi connectivity index (χ4n) is 5.08. The first kappa shape index (κ1) is 32.1. The Labute approximate surface area is 268 Å². The van der Waals surface area contributed by atoms with Crippen LogP contribution in [0.2, 0.25) is 10.0 Å². The van der Waals surface area contributed by atoms with Crippen LogP contribution >= 0.6 is 34.5 Å². The molecule has 2 aliphatic heterocycles. The molecule has 2 aromatic carbocycles. The molecule has 2 aliphatic rings. The van der Waals surface area contributed by atoms with Crippen molar-refractivity contribution in [3.05, 3.63) is 39.6 Å².